The van der Waals surface area contributed by atoms with Gasteiger partial charge in [-0.1, -0.05) is 154 Å². The lowest BCUT2D eigenvalue weighted by Crippen LogP contribution is -2.45. The number of rotatable bonds is 31. The number of carbonyl (C=O) groups excluding carboxylic acids is 5. The second-order valence-corrected chi connectivity index (χ2v) is 44.6. The van der Waals surface area contributed by atoms with Crippen LogP contribution in [-0.2, 0) is 53.1 Å². The molecule has 0 unspecified atom stereocenters. The zero-order valence-corrected chi connectivity index (χ0v) is 86.5. The average molecular weight is 2180 g/mol. The van der Waals surface area contributed by atoms with Gasteiger partial charge >= 0.3 is 24.4 Å². The van der Waals surface area contributed by atoms with Crippen molar-refractivity contribution in [1.82, 2.24) is 101 Å². The molecule has 7 aromatic heterocycles. The molecule has 0 bridgehead atoms. The molecule has 50 heteroatoms. The van der Waals surface area contributed by atoms with Gasteiger partial charge in [0.2, 0.25) is 0 Å². The normalized spacial score (nSPS) is 15.9. The second-order valence-electron chi connectivity index (χ2n) is 33.6. The number of nitrogens with one attached hydrogen (secondary N) is 7. The highest BCUT2D eigenvalue weighted by Crippen LogP contribution is 2.54. The Morgan fingerprint density at radius 3 is 1.20 bits per heavy atom. The number of Topliss-reactive ketones (excluding diaryl/α,β-unsaturated/α-hetero) is 1. The van der Waals surface area contributed by atoms with Crippen molar-refractivity contribution in [3.63, 3.8) is 0 Å². The summed E-state index contributed by atoms with van der Waals surface area (Å²) in [6, 6.07) is 33.8. The van der Waals surface area contributed by atoms with E-state index >= 15 is 0 Å². The minimum atomic E-state index is -0.654. The van der Waals surface area contributed by atoms with Crippen molar-refractivity contribution in [2.45, 2.75) is 81.3 Å². The van der Waals surface area contributed by atoms with E-state index in [1.165, 1.54) is 85.7 Å². The van der Waals surface area contributed by atoms with Crippen molar-refractivity contribution < 1.29 is 73.7 Å². The molecule has 0 fully saturated rings. The largest absolute Gasteiger partial charge is 0.449 e. The lowest BCUT2D eigenvalue weighted by molar-refractivity contribution is 0.0982. The highest BCUT2D eigenvalue weighted by molar-refractivity contribution is 8.77. The number of anilines is 3. The number of halogens is 7. The second kappa shape index (κ2) is 49.6. The van der Waals surface area contributed by atoms with Crippen LogP contribution in [0.4, 0.5) is 67.0 Å². The third kappa shape index (κ3) is 24.4. The summed E-state index contributed by atoms with van der Waals surface area (Å²) in [5.74, 6) is -1.92. The van der Waals surface area contributed by atoms with Crippen LogP contribution >= 0.6 is 86.4 Å². The van der Waals surface area contributed by atoms with Gasteiger partial charge in [-0.25, -0.2) is 80.2 Å². The number of H-pyrrole nitrogens is 4. The van der Waals surface area contributed by atoms with Crippen molar-refractivity contribution in [3.05, 3.63) is 304 Å². The molecule has 7 atom stereocenters. The average Bonchev–Trinajstić information content (AvgIpc) is 0.805. The number of ether oxygens (including phenoxy) is 4. The number of aromatic nitrogens is 16. The molecule has 4 amide bonds. The molecular weight excluding hydrogens is 2080 g/mol. The number of aromatic amines is 4. The van der Waals surface area contributed by atoms with E-state index in [0.717, 1.165) is 64.6 Å². The van der Waals surface area contributed by atoms with Gasteiger partial charge in [-0.2, -0.15) is 30.6 Å². The van der Waals surface area contributed by atoms with E-state index in [-0.39, 0.29) is 80.5 Å². The molecule has 776 valence electrons. The fourth-order valence-electron chi connectivity index (χ4n) is 18.4. The zero-order valence-electron chi connectivity index (χ0n) is 80.0. The van der Waals surface area contributed by atoms with Gasteiger partial charge in [0.1, 0.15) is 104 Å². The molecule has 148 heavy (non-hydrogen) atoms. The van der Waals surface area contributed by atoms with Crippen LogP contribution in [-0.4, -0.2) is 216 Å². The van der Waals surface area contributed by atoms with Crippen LogP contribution in [0.3, 0.4) is 0 Å². The quantitative estimate of drug-likeness (QED) is 0.00918. The number of hydrogen-bond acceptors (Lipinski definition) is 32. The van der Waals surface area contributed by atoms with E-state index < -0.39 is 112 Å². The Hall–Kier alpha value is -13.4. The maximum atomic E-state index is 14.9. The predicted molar refractivity (Wildman–Crippen MR) is 567 cm³/mol. The molecule has 0 saturated heterocycles. The van der Waals surface area contributed by atoms with Crippen molar-refractivity contribution in [1.29, 1.82) is 0 Å². The minimum absolute atomic E-state index is 0. The summed E-state index contributed by atoms with van der Waals surface area (Å²) >= 11 is 0. The van der Waals surface area contributed by atoms with Crippen LogP contribution < -0.4 is 47.3 Å². The van der Waals surface area contributed by atoms with Crippen molar-refractivity contribution in [2.24, 2.45) is 21.1 Å². The molecule has 35 nitrogen and oxygen atoms in total. The van der Waals surface area contributed by atoms with Crippen molar-refractivity contribution in [2.75, 3.05) is 110 Å². The Kier molecular flexibility index (Phi) is 36.5. The molecule has 10 heterocycles. The van der Waals surface area contributed by atoms with Gasteiger partial charge in [0.05, 0.1) is 106 Å². The maximum absolute atomic E-state index is 14.9. The highest BCUT2D eigenvalue weighted by atomic mass is 33.1. The van der Waals surface area contributed by atoms with Gasteiger partial charge in [0.15, 0.2) is 5.78 Å². The first-order valence-corrected chi connectivity index (χ1v) is 56.3. The van der Waals surface area contributed by atoms with Crippen LogP contribution in [0.15, 0.2) is 179 Å². The summed E-state index contributed by atoms with van der Waals surface area (Å²) in [4.78, 5) is 124. The molecule has 0 radical (unpaired) electrons. The standard InChI is InChI=1S/C25H25F2N7O3S2.2C24H23F2N7O3S2.C24H25FN2O3S2.CH4/c1-13(39-38-3)10-37-25(36)29-12-34-18-9-16(27)8-17-19(18)21(31-32-24(17)35)20(23-28-11-30-33(23)2)22(34)14-4-6-15(26)7-5-14;2*1-32-22(27-11-29-32)19-20-18-16(23(34)31-30-20)9-15(26)10-17(18)33(12-28-24(35)36-7-8-38-37-2)21(19)13-3-5-14(25)6-4-13;1-27(24(29)30-10-11-32-31-2)14-15-6-8-16(9-7-15)23-18-4-3-5-21(28)19-12-17(25)13-20(26-23)22(18)19;/h4-9,11,13,20,22H,10,12H2,1-3H3,(H,29,36)(H,32,35);2*3-6,9-11,19,21H,7-8,12H2,1-2H3,(H,28,35)(H,31,34);6-9,12-13,26H,3-5,10-11,14H2,1-2H3;1H4/t13-,20+,22-;2*19-,21+;;/m100../s1. The first kappa shape index (κ1) is 109. The first-order chi connectivity index (χ1) is 71.0. The number of carbonyl (C=O) groups is 5. The van der Waals surface area contributed by atoms with Crippen LogP contribution in [0.5, 0.6) is 0 Å². The molecule has 1 aliphatic carbocycles. The van der Waals surface area contributed by atoms with Crippen LogP contribution in [0.2, 0.25) is 0 Å². The number of amides is 4. The Labute approximate surface area is 873 Å². The Morgan fingerprint density at radius 1 is 0.459 bits per heavy atom. The third-order valence-corrected chi connectivity index (χ3v) is 32.1. The lowest BCUT2D eigenvalue weighted by atomic mass is 9.82. The Balaban J connectivity index is 0.000000148. The van der Waals surface area contributed by atoms with Gasteiger partial charge in [0.25, 0.3) is 16.7 Å². The number of benzene rings is 8. The lowest BCUT2D eigenvalue weighted by Gasteiger charge is -2.42. The van der Waals surface area contributed by atoms with E-state index in [2.05, 4.69) is 81.8 Å². The van der Waals surface area contributed by atoms with E-state index in [4.69, 9.17) is 18.9 Å². The molecule has 0 saturated carbocycles. The summed E-state index contributed by atoms with van der Waals surface area (Å²) in [5, 5.41) is 43.9. The van der Waals surface area contributed by atoms with Gasteiger partial charge in [-0.05, 0) is 163 Å². The van der Waals surface area contributed by atoms with E-state index in [0.29, 0.717) is 127 Å². The topological polar surface area (TPSA) is 416 Å². The number of hydrogen-bond donors (Lipinski definition) is 7. The molecule has 8 aromatic carbocycles. The van der Waals surface area contributed by atoms with Gasteiger partial charge in [-0.3, -0.25) is 33.2 Å². The number of aryl methyl sites for hydroxylation is 4. The minimum Gasteiger partial charge on any atom is -0.449 e. The maximum Gasteiger partial charge on any atom is 0.409 e. The summed E-state index contributed by atoms with van der Waals surface area (Å²) < 4.78 is 126. The fourth-order valence-corrected chi connectivity index (χ4v) is 23.1. The summed E-state index contributed by atoms with van der Waals surface area (Å²) in [6.07, 6.45) is 11.6. The van der Waals surface area contributed by atoms with Gasteiger partial charge in [-0.15, -0.1) is 0 Å². The molecule has 3 aliphatic heterocycles. The van der Waals surface area contributed by atoms with Gasteiger partial charge in [0, 0.05) is 102 Å². The smallest absolute Gasteiger partial charge is 0.409 e. The van der Waals surface area contributed by atoms with Crippen LogP contribution in [0.25, 0.3) is 54.5 Å². The zero-order chi connectivity index (χ0) is 104. The molecule has 0 spiro atoms. The van der Waals surface area contributed by atoms with Gasteiger partial charge < -0.3 is 59.5 Å². The molecule has 7 N–H and O–H groups in total. The van der Waals surface area contributed by atoms with Crippen molar-refractivity contribution in [3.8, 4) is 11.3 Å². The fraction of sp³-hybridized carbons (Fsp3) is 0.316. The summed E-state index contributed by atoms with van der Waals surface area (Å²) in [7, 11) is 19.6. The molecule has 19 rings (SSSR count). The molecule has 4 aliphatic rings. The Bertz CT molecular complexity index is 7280. The van der Waals surface area contributed by atoms with Crippen LogP contribution in [0, 0.1) is 40.7 Å². The highest BCUT2D eigenvalue weighted by Gasteiger charge is 2.47. The van der Waals surface area contributed by atoms with E-state index in [1.807, 2.05) is 56.2 Å². The monoisotopic (exact) mass is 2180 g/mol. The molecular formula is C98H100F7N23O12S8. The Morgan fingerprint density at radius 2 is 0.831 bits per heavy atom. The summed E-state index contributed by atoms with van der Waals surface area (Å²) in [5.41, 5.74) is 7.77. The SMILES string of the molecule is C.CSSCCOC(=O)N(C)Cc1ccc(-c2[nH]c3cc(F)cc4c3c2CCCC4=O)cc1.CSSCCOC(=O)NCN1c2cc(F)cc3c(=O)[nH]nc(c23)[C@H](c2ncnn2C)[C@H]1c1ccc(F)cc1.CSSCCOC(=O)NCN1c2cc(F)cc3c(=O)[nH]nc(c23)[C@H](c2ncnn2C)[C@H]1c1ccc(F)cc1.CSS[C@H](C)COC(=O)NCN1c2cc(F)cc3c(=O)[nH]nc(c23)[C@H](c2ncnn2C)[C@H]1c1ccc(F)cc1. The summed E-state index contributed by atoms with van der Waals surface area (Å²) in [6.45, 7) is 3.10. The van der Waals surface area contributed by atoms with Crippen LogP contribution in [0.1, 0.15) is 136 Å². The van der Waals surface area contributed by atoms with E-state index in [1.54, 1.807) is 185 Å². The molecule has 15 aromatic rings. The van der Waals surface area contributed by atoms with Crippen molar-refractivity contribution >= 4 is 177 Å². The third-order valence-electron chi connectivity index (χ3n) is 24.6. The predicted octanol–water partition coefficient (Wildman–Crippen LogP) is 18.3. The van der Waals surface area contributed by atoms with E-state index in [9.17, 15) is 69.1 Å². The number of nitrogens with zero attached hydrogens (tertiary/aromatic N) is 16. The number of ketones is 1. The number of alkyl carbamates (subject to hydrolysis) is 3. The first-order valence-electron chi connectivity index (χ1n) is 45.5.